The zero-order valence-corrected chi connectivity index (χ0v) is 12.6. The first kappa shape index (κ1) is 14.0. The van der Waals surface area contributed by atoms with Gasteiger partial charge in [0.15, 0.2) is 0 Å². The zero-order valence-electron chi connectivity index (χ0n) is 9.43. The fourth-order valence-corrected chi connectivity index (χ4v) is 5.62. The molecule has 0 fully saturated rings. The predicted molar refractivity (Wildman–Crippen MR) is 67.1 cm³/mol. The third-order valence-corrected chi connectivity index (χ3v) is 7.07. The molecular formula is C11H16O3STe. The number of benzene rings is 1. The Balaban J connectivity index is 2.49. The molecular weight excluding hydrogens is 340 g/mol. The van der Waals surface area contributed by atoms with Crippen LogP contribution in [0.15, 0.2) is 18.2 Å². The van der Waals surface area contributed by atoms with Gasteiger partial charge in [0.05, 0.1) is 0 Å². The maximum atomic E-state index is 10.5. The van der Waals surface area contributed by atoms with Crippen molar-refractivity contribution < 1.29 is 13.0 Å². The predicted octanol–water partition coefficient (Wildman–Crippen LogP) is 1.33. The van der Waals surface area contributed by atoms with Gasteiger partial charge in [-0.15, -0.1) is 0 Å². The molecule has 5 heteroatoms. The molecule has 0 saturated heterocycles. The molecule has 0 aliphatic carbocycles. The number of aryl methyl sites for hydroxylation is 2. The first-order chi connectivity index (χ1) is 7.40. The molecule has 0 radical (unpaired) electrons. The summed E-state index contributed by atoms with van der Waals surface area (Å²) in [5, 5.41) is 0. The second-order valence-electron chi connectivity index (χ2n) is 3.71. The summed E-state index contributed by atoms with van der Waals surface area (Å²) in [4.78, 5) is 0. The third kappa shape index (κ3) is 4.84. The Labute approximate surface area is 107 Å². The summed E-state index contributed by atoms with van der Waals surface area (Å²) in [7, 11) is -3.78. The van der Waals surface area contributed by atoms with Crippen LogP contribution in [0.25, 0.3) is 0 Å². The number of rotatable bonds is 5. The SMILES string of the molecule is Cc1cccc(C)c1[Te]CCCS(=O)(=O)O. The minimum atomic E-state index is -3.78. The van der Waals surface area contributed by atoms with Crippen molar-refractivity contribution in [1.82, 2.24) is 0 Å². The van der Waals surface area contributed by atoms with Gasteiger partial charge in [0.25, 0.3) is 0 Å². The van der Waals surface area contributed by atoms with E-state index in [9.17, 15) is 8.42 Å². The van der Waals surface area contributed by atoms with Crippen LogP contribution in [0.4, 0.5) is 0 Å². The maximum absolute atomic E-state index is 10.5. The second kappa shape index (κ2) is 6.02. The van der Waals surface area contributed by atoms with Gasteiger partial charge in [-0.25, -0.2) is 0 Å². The number of hydrogen-bond acceptors (Lipinski definition) is 2. The van der Waals surface area contributed by atoms with E-state index in [-0.39, 0.29) is 26.7 Å². The van der Waals surface area contributed by atoms with Crippen molar-refractivity contribution in [2.24, 2.45) is 0 Å². The van der Waals surface area contributed by atoms with Gasteiger partial charge in [0.2, 0.25) is 0 Å². The molecule has 0 aromatic heterocycles. The van der Waals surface area contributed by atoms with E-state index in [0.717, 1.165) is 4.47 Å². The Hall–Kier alpha value is -0.0804. The summed E-state index contributed by atoms with van der Waals surface area (Å²) in [6, 6.07) is 6.23. The van der Waals surface area contributed by atoms with E-state index in [4.69, 9.17) is 4.55 Å². The Morgan fingerprint density at radius 1 is 1.25 bits per heavy atom. The van der Waals surface area contributed by atoms with Crippen molar-refractivity contribution in [2.45, 2.75) is 24.7 Å². The monoisotopic (exact) mass is 358 g/mol. The Morgan fingerprint density at radius 3 is 2.31 bits per heavy atom. The molecule has 0 aliphatic heterocycles. The third-order valence-electron chi connectivity index (χ3n) is 2.20. The Kier molecular flexibility index (Phi) is 5.26. The quantitative estimate of drug-likeness (QED) is 0.492. The summed E-state index contributed by atoms with van der Waals surface area (Å²) in [5.74, 6) is -0.108. The van der Waals surface area contributed by atoms with E-state index in [0.29, 0.717) is 6.42 Å². The van der Waals surface area contributed by atoms with Crippen LogP contribution in [-0.4, -0.2) is 39.6 Å². The molecule has 90 valence electrons. The van der Waals surface area contributed by atoms with Crippen molar-refractivity contribution in [1.29, 1.82) is 0 Å². The molecule has 0 spiro atoms. The fourth-order valence-electron chi connectivity index (χ4n) is 1.44. The normalized spacial score (nSPS) is 11.7. The Bertz CT molecular complexity index is 434. The van der Waals surface area contributed by atoms with Crippen molar-refractivity contribution in [2.75, 3.05) is 5.75 Å². The second-order valence-corrected chi connectivity index (χ2v) is 8.44. The van der Waals surface area contributed by atoms with Gasteiger partial charge in [-0.05, 0) is 0 Å². The average Bonchev–Trinajstić information content (AvgIpc) is 2.14. The van der Waals surface area contributed by atoms with Gasteiger partial charge in [-0.1, -0.05) is 0 Å². The topological polar surface area (TPSA) is 54.4 Å². The summed E-state index contributed by atoms with van der Waals surface area (Å²) in [6.45, 7) is 4.19. The van der Waals surface area contributed by atoms with E-state index in [1.807, 2.05) is 6.07 Å². The van der Waals surface area contributed by atoms with Crippen LogP contribution in [0.3, 0.4) is 0 Å². The van der Waals surface area contributed by atoms with Crippen LogP contribution in [0.1, 0.15) is 17.5 Å². The van der Waals surface area contributed by atoms with Gasteiger partial charge >= 0.3 is 107 Å². The fraction of sp³-hybridized carbons (Fsp3) is 0.455. The molecule has 1 aromatic carbocycles. The number of hydrogen-bond donors (Lipinski definition) is 1. The molecule has 0 bridgehead atoms. The van der Waals surface area contributed by atoms with E-state index >= 15 is 0 Å². The van der Waals surface area contributed by atoms with Crippen LogP contribution < -0.4 is 3.61 Å². The first-order valence-corrected chi connectivity index (χ1v) is 9.46. The van der Waals surface area contributed by atoms with Crippen LogP contribution in [0.2, 0.25) is 4.47 Å². The summed E-state index contributed by atoms with van der Waals surface area (Å²) >= 11 is -0.332. The summed E-state index contributed by atoms with van der Waals surface area (Å²) in [5.41, 5.74) is 2.60. The zero-order chi connectivity index (χ0) is 12.2. The summed E-state index contributed by atoms with van der Waals surface area (Å²) < 4.78 is 32.0. The minimum absolute atomic E-state index is 0.108. The van der Waals surface area contributed by atoms with Crippen molar-refractivity contribution >= 4 is 34.7 Å². The van der Waals surface area contributed by atoms with E-state index in [1.165, 1.54) is 14.7 Å². The molecule has 1 aromatic rings. The van der Waals surface area contributed by atoms with Gasteiger partial charge in [0.1, 0.15) is 0 Å². The van der Waals surface area contributed by atoms with Crippen molar-refractivity contribution in [3.63, 3.8) is 0 Å². The van der Waals surface area contributed by atoms with Gasteiger partial charge in [0, 0.05) is 0 Å². The van der Waals surface area contributed by atoms with Crippen molar-refractivity contribution in [3.8, 4) is 0 Å². The van der Waals surface area contributed by atoms with Gasteiger partial charge in [-0.2, -0.15) is 0 Å². The average molecular weight is 356 g/mol. The summed E-state index contributed by atoms with van der Waals surface area (Å²) in [6.07, 6.45) is 0.564. The van der Waals surface area contributed by atoms with Gasteiger partial charge < -0.3 is 0 Å². The van der Waals surface area contributed by atoms with Crippen LogP contribution >= 0.6 is 0 Å². The Morgan fingerprint density at radius 2 is 1.81 bits per heavy atom. The first-order valence-electron chi connectivity index (χ1n) is 5.04. The molecule has 1 rings (SSSR count). The molecule has 3 nitrogen and oxygen atoms in total. The molecule has 0 unspecified atom stereocenters. The van der Waals surface area contributed by atoms with Crippen LogP contribution in [-0.2, 0) is 10.1 Å². The van der Waals surface area contributed by atoms with E-state index < -0.39 is 10.1 Å². The van der Waals surface area contributed by atoms with Crippen LogP contribution in [0.5, 0.6) is 0 Å². The van der Waals surface area contributed by atoms with Crippen molar-refractivity contribution in [3.05, 3.63) is 29.3 Å². The standard InChI is InChI=1S/C11H16O3STe/c1-9-5-3-6-10(2)11(9)16-8-4-7-15(12,13)14/h3,5-6H,4,7-8H2,1-2H3,(H,12,13,14). The van der Waals surface area contributed by atoms with Gasteiger partial charge in [-0.3, -0.25) is 0 Å². The molecule has 0 aliphatic rings. The molecule has 16 heavy (non-hydrogen) atoms. The molecule has 0 amide bonds. The van der Waals surface area contributed by atoms with E-state index in [1.54, 1.807) is 0 Å². The molecule has 0 heterocycles. The van der Waals surface area contributed by atoms with Crippen LogP contribution in [0, 0.1) is 13.8 Å². The molecule has 0 atom stereocenters. The van der Waals surface area contributed by atoms with E-state index in [2.05, 4.69) is 26.0 Å². The molecule has 0 saturated carbocycles. The molecule has 1 N–H and O–H groups in total.